The summed E-state index contributed by atoms with van der Waals surface area (Å²) in [7, 11) is 0.783. The van der Waals surface area contributed by atoms with Crippen LogP contribution >= 0.6 is 15.9 Å². The van der Waals surface area contributed by atoms with Crippen LogP contribution in [0.1, 0.15) is 58.9 Å². The molecular weight excluding hydrogens is 440 g/mol. The highest BCUT2D eigenvalue weighted by Crippen LogP contribution is 2.38. The molecule has 2 nitrogen and oxygen atoms in total. The van der Waals surface area contributed by atoms with Crippen LogP contribution in [0, 0.1) is 0 Å². The molecule has 0 saturated heterocycles. The lowest BCUT2D eigenvalue weighted by atomic mass is 10.0. The summed E-state index contributed by atoms with van der Waals surface area (Å²) in [5.41, 5.74) is 5.43. The van der Waals surface area contributed by atoms with Crippen LogP contribution in [-0.4, -0.2) is 15.2 Å². The van der Waals surface area contributed by atoms with E-state index in [1.54, 1.807) is 7.11 Å². The Morgan fingerprint density at radius 1 is 1.07 bits per heavy atom. The first-order valence-electron chi connectivity index (χ1n) is 10.9. The fourth-order valence-electron chi connectivity index (χ4n) is 4.01. The van der Waals surface area contributed by atoms with Crippen LogP contribution in [0.15, 0.2) is 42.5 Å². The minimum atomic E-state index is -0.913. The first kappa shape index (κ1) is 22.6. The van der Waals surface area contributed by atoms with Gasteiger partial charge in [0.25, 0.3) is 0 Å². The summed E-state index contributed by atoms with van der Waals surface area (Å²) in [6.45, 7) is 8.04. The van der Waals surface area contributed by atoms with E-state index in [0.29, 0.717) is 11.4 Å². The van der Waals surface area contributed by atoms with Gasteiger partial charge in [0.05, 0.1) is 19.8 Å². The van der Waals surface area contributed by atoms with Gasteiger partial charge < -0.3 is 9.47 Å². The van der Waals surface area contributed by atoms with Crippen LogP contribution in [0.2, 0.25) is 25.7 Å². The molecule has 0 aromatic heterocycles. The van der Waals surface area contributed by atoms with Gasteiger partial charge in [0.1, 0.15) is 5.75 Å². The second-order valence-corrected chi connectivity index (χ2v) is 16.1. The van der Waals surface area contributed by atoms with E-state index in [4.69, 9.17) is 9.47 Å². The molecule has 2 aromatic rings. The number of unbranched alkanes of at least 4 members (excludes halogenated alkanes) is 1. The number of fused-ring (bicyclic) bond motifs is 1. The van der Waals surface area contributed by atoms with Crippen molar-refractivity contribution in [2.24, 2.45) is 0 Å². The lowest BCUT2D eigenvalue weighted by molar-refractivity contribution is 0.0410. The number of hydrogen-bond acceptors (Lipinski definition) is 2. The molecule has 3 rings (SSSR count). The minimum Gasteiger partial charge on any atom is -0.497 e. The molecule has 0 aliphatic heterocycles. The van der Waals surface area contributed by atoms with E-state index in [2.05, 4.69) is 65.9 Å². The maximum absolute atomic E-state index is 6.31. The fourth-order valence-corrected chi connectivity index (χ4v) is 5.93. The SMILES string of the molecule is COc1ccc(COC2CCc3ccc(C(Br)CCCC[Si](C)(C)C)cc32)cc1. The van der Waals surface area contributed by atoms with E-state index in [-0.39, 0.29) is 6.10 Å². The van der Waals surface area contributed by atoms with Crippen LogP contribution in [0.25, 0.3) is 0 Å². The van der Waals surface area contributed by atoms with Crippen LogP contribution in [0.5, 0.6) is 5.75 Å². The number of methoxy groups -OCH3 is 1. The van der Waals surface area contributed by atoms with Crippen LogP contribution in [-0.2, 0) is 17.8 Å². The number of benzene rings is 2. The third-order valence-electron chi connectivity index (χ3n) is 5.80. The molecule has 29 heavy (non-hydrogen) atoms. The predicted octanol–water partition coefficient (Wildman–Crippen LogP) is 7.84. The Bertz CT molecular complexity index is 782. The number of hydrogen-bond donors (Lipinski definition) is 0. The molecule has 0 saturated carbocycles. The fraction of sp³-hybridized carbons (Fsp3) is 0.520. The Morgan fingerprint density at radius 2 is 1.83 bits per heavy atom. The van der Waals surface area contributed by atoms with E-state index in [1.807, 2.05) is 12.1 Å². The molecule has 1 aliphatic rings. The number of alkyl halides is 1. The topological polar surface area (TPSA) is 18.5 Å². The lowest BCUT2D eigenvalue weighted by Gasteiger charge is -2.18. The molecule has 0 amide bonds. The maximum Gasteiger partial charge on any atom is 0.118 e. The second kappa shape index (κ2) is 10.3. The van der Waals surface area contributed by atoms with Crippen LogP contribution < -0.4 is 4.74 Å². The van der Waals surface area contributed by atoms with E-state index < -0.39 is 8.07 Å². The Labute approximate surface area is 186 Å². The zero-order valence-electron chi connectivity index (χ0n) is 18.3. The predicted molar refractivity (Wildman–Crippen MR) is 129 cm³/mol. The molecule has 0 N–H and O–H groups in total. The van der Waals surface area contributed by atoms with Crippen molar-refractivity contribution in [1.29, 1.82) is 0 Å². The van der Waals surface area contributed by atoms with Gasteiger partial charge in [-0.25, -0.2) is 0 Å². The standard InChI is InChI=1S/C25H35BrO2Si/c1-27-22-13-8-19(9-14-22)18-28-25-15-12-20-10-11-21(17-23(20)25)24(26)7-5-6-16-29(2,3)4/h8-11,13-14,17,24-25H,5-7,12,15-16,18H2,1-4H3. The van der Waals surface area contributed by atoms with Crippen molar-refractivity contribution >= 4 is 24.0 Å². The van der Waals surface area contributed by atoms with Crippen LogP contribution in [0.4, 0.5) is 0 Å². The Balaban J connectivity index is 1.56. The molecule has 158 valence electrons. The summed E-state index contributed by atoms with van der Waals surface area (Å²) >= 11 is 3.94. The van der Waals surface area contributed by atoms with E-state index in [1.165, 1.54) is 47.6 Å². The minimum absolute atomic E-state index is 0.207. The summed E-state index contributed by atoms with van der Waals surface area (Å²) < 4.78 is 11.5. The summed E-state index contributed by atoms with van der Waals surface area (Å²) in [6.07, 6.45) is 6.27. The largest absolute Gasteiger partial charge is 0.497 e. The van der Waals surface area contributed by atoms with Gasteiger partial charge in [0, 0.05) is 12.9 Å². The van der Waals surface area contributed by atoms with Gasteiger partial charge in [-0.3, -0.25) is 0 Å². The van der Waals surface area contributed by atoms with Gasteiger partial charge in [-0.2, -0.15) is 0 Å². The summed E-state index contributed by atoms with van der Waals surface area (Å²) in [6, 6.07) is 16.6. The summed E-state index contributed by atoms with van der Waals surface area (Å²) in [4.78, 5) is 0.442. The first-order chi connectivity index (χ1) is 13.9. The second-order valence-electron chi connectivity index (χ2n) is 9.42. The van der Waals surface area contributed by atoms with Crippen molar-refractivity contribution in [2.75, 3.05) is 7.11 Å². The molecule has 4 heteroatoms. The van der Waals surface area contributed by atoms with Gasteiger partial charge in [-0.15, -0.1) is 0 Å². The Morgan fingerprint density at radius 3 is 2.52 bits per heavy atom. The Hall–Kier alpha value is -1.10. The summed E-state index contributed by atoms with van der Waals surface area (Å²) in [5.74, 6) is 0.887. The van der Waals surface area contributed by atoms with Crippen molar-refractivity contribution in [1.82, 2.24) is 0 Å². The third kappa shape index (κ3) is 6.70. The van der Waals surface area contributed by atoms with Gasteiger partial charge >= 0.3 is 0 Å². The quantitative estimate of drug-likeness (QED) is 0.198. The van der Waals surface area contributed by atoms with Crippen molar-refractivity contribution in [3.63, 3.8) is 0 Å². The van der Waals surface area contributed by atoms with Gasteiger partial charge in [0.2, 0.25) is 0 Å². The smallest absolute Gasteiger partial charge is 0.118 e. The van der Waals surface area contributed by atoms with Gasteiger partial charge in [-0.05, 0) is 53.6 Å². The molecule has 0 heterocycles. The van der Waals surface area contributed by atoms with Gasteiger partial charge in [0.15, 0.2) is 0 Å². The normalized spacial score (nSPS) is 17.2. The molecule has 2 aromatic carbocycles. The molecule has 1 aliphatic carbocycles. The number of rotatable bonds is 10. The zero-order chi connectivity index (χ0) is 20.9. The zero-order valence-corrected chi connectivity index (χ0v) is 20.9. The molecule has 2 unspecified atom stereocenters. The Kier molecular flexibility index (Phi) is 8.00. The number of ether oxygens (including phenoxy) is 2. The highest BCUT2D eigenvalue weighted by molar-refractivity contribution is 9.09. The maximum atomic E-state index is 6.31. The molecular formula is C25H35BrO2Si. The monoisotopic (exact) mass is 474 g/mol. The molecule has 0 fully saturated rings. The molecule has 2 atom stereocenters. The average molecular weight is 476 g/mol. The van der Waals surface area contributed by atoms with Crippen molar-refractivity contribution in [3.8, 4) is 5.75 Å². The van der Waals surface area contributed by atoms with Crippen molar-refractivity contribution in [2.45, 2.75) is 75.3 Å². The highest BCUT2D eigenvalue weighted by atomic mass is 79.9. The van der Waals surface area contributed by atoms with E-state index >= 15 is 0 Å². The van der Waals surface area contributed by atoms with E-state index in [9.17, 15) is 0 Å². The molecule has 0 bridgehead atoms. The van der Waals surface area contributed by atoms with Gasteiger partial charge in [-0.1, -0.05) is 84.8 Å². The average Bonchev–Trinajstić information content (AvgIpc) is 3.11. The molecule has 0 radical (unpaired) electrons. The highest BCUT2D eigenvalue weighted by Gasteiger charge is 2.24. The van der Waals surface area contributed by atoms with Crippen LogP contribution in [0.3, 0.4) is 0 Å². The lowest BCUT2D eigenvalue weighted by Crippen LogP contribution is -2.18. The van der Waals surface area contributed by atoms with E-state index in [0.717, 1.165) is 18.6 Å². The molecule has 0 spiro atoms. The number of halogens is 1. The third-order valence-corrected chi connectivity index (χ3v) is 8.64. The first-order valence-corrected chi connectivity index (χ1v) is 15.5. The van der Waals surface area contributed by atoms with Crippen molar-refractivity contribution < 1.29 is 9.47 Å². The number of aryl methyl sites for hydroxylation is 1. The van der Waals surface area contributed by atoms with Crippen molar-refractivity contribution in [3.05, 3.63) is 64.7 Å². The summed E-state index contributed by atoms with van der Waals surface area (Å²) in [5, 5.41) is 0.